The second-order valence-electron chi connectivity index (χ2n) is 5.39. The second-order valence-corrected chi connectivity index (χ2v) is 5.39. The molecule has 2 saturated heterocycles. The number of likely N-dealkylation sites (tertiary alicyclic amines) is 1. The van der Waals surface area contributed by atoms with Gasteiger partial charge in [0.1, 0.15) is 6.04 Å². The molecule has 2 aliphatic rings. The third-order valence-electron chi connectivity index (χ3n) is 4.12. The third-order valence-corrected chi connectivity index (χ3v) is 4.12. The lowest BCUT2D eigenvalue weighted by atomic mass is 9.87. The van der Waals surface area contributed by atoms with E-state index in [0.29, 0.717) is 32.6 Å². The first-order valence-electron chi connectivity index (χ1n) is 6.98. The van der Waals surface area contributed by atoms with Crippen LogP contribution in [0.3, 0.4) is 0 Å². The lowest BCUT2D eigenvalue weighted by molar-refractivity contribution is -0.149. The molecule has 19 heavy (non-hydrogen) atoms. The molecule has 0 radical (unpaired) electrons. The smallest absolute Gasteiger partial charge is 0.243 e. The van der Waals surface area contributed by atoms with E-state index in [1.807, 2.05) is 0 Å². The molecule has 2 aliphatic heterocycles. The van der Waals surface area contributed by atoms with Crippen LogP contribution in [0.2, 0.25) is 0 Å². The van der Waals surface area contributed by atoms with Crippen LogP contribution in [0.1, 0.15) is 32.1 Å². The molecule has 0 bridgehead atoms. The standard InChI is InChI=1S/C13H23N3O3/c1-15-11(17)10-4-2-3-7-16(10)12(18)13(14)5-8-19-9-6-13/h10H,2-9,14H2,1H3,(H,15,17). The van der Waals surface area contributed by atoms with E-state index < -0.39 is 5.54 Å². The van der Waals surface area contributed by atoms with Gasteiger partial charge < -0.3 is 20.7 Å². The molecule has 1 atom stereocenters. The van der Waals surface area contributed by atoms with Crippen molar-refractivity contribution in [3.05, 3.63) is 0 Å². The number of carbonyl (C=O) groups is 2. The Balaban J connectivity index is 2.12. The fourth-order valence-electron chi connectivity index (χ4n) is 2.85. The highest BCUT2D eigenvalue weighted by Crippen LogP contribution is 2.25. The Hall–Kier alpha value is -1.14. The molecule has 1 unspecified atom stereocenters. The highest BCUT2D eigenvalue weighted by atomic mass is 16.5. The Labute approximate surface area is 113 Å². The van der Waals surface area contributed by atoms with E-state index in [4.69, 9.17) is 10.5 Å². The van der Waals surface area contributed by atoms with Crippen molar-refractivity contribution in [2.24, 2.45) is 5.73 Å². The van der Waals surface area contributed by atoms with Crippen molar-refractivity contribution in [3.8, 4) is 0 Å². The first kappa shape index (κ1) is 14.3. The highest BCUT2D eigenvalue weighted by Gasteiger charge is 2.43. The maximum Gasteiger partial charge on any atom is 0.243 e. The summed E-state index contributed by atoms with van der Waals surface area (Å²) in [5.74, 6) is -0.187. The number of rotatable bonds is 2. The van der Waals surface area contributed by atoms with Gasteiger partial charge in [0, 0.05) is 26.8 Å². The lowest BCUT2D eigenvalue weighted by Gasteiger charge is -2.41. The molecule has 6 heteroatoms. The minimum Gasteiger partial charge on any atom is -0.381 e. The molecular weight excluding hydrogens is 246 g/mol. The Morgan fingerprint density at radius 3 is 2.63 bits per heavy atom. The second kappa shape index (κ2) is 5.88. The Morgan fingerprint density at radius 2 is 2.00 bits per heavy atom. The maximum atomic E-state index is 12.7. The highest BCUT2D eigenvalue weighted by molar-refractivity contribution is 5.92. The summed E-state index contributed by atoms with van der Waals surface area (Å²) in [5, 5.41) is 2.64. The summed E-state index contributed by atoms with van der Waals surface area (Å²) in [4.78, 5) is 26.2. The molecule has 0 aromatic rings. The zero-order chi connectivity index (χ0) is 13.9. The number of nitrogens with one attached hydrogen (secondary N) is 1. The number of nitrogens with zero attached hydrogens (tertiary/aromatic N) is 1. The zero-order valence-corrected chi connectivity index (χ0v) is 11.5. The summed E-state index contributed by atoms with van der Waals surface area (Å²) in [6.45, 7) is 1.65. The van der Waals surface area contributed by atoms with Crippen LogP contribution in [0.5, 0.6) is 0 Å². The fraction of sp³-hybridized carbons (Fsp3) is 0.846. The molecule has 3 N–H and O–H groups in total. The number of hydrogen-bond acceptors (Lipinski definition) is 4. The summed E-state index contributed by atoms with van der Waals surface area (Å²) in [6.07, 6.45) is 3.69. The molecule has 0 aromatic heterocycles. The number of hydrogen-bond donors (Lipinski definition) is 2. The predicted octanol–water partition coefficient (Wildman–Crippen LogP) is -0.379. The predicted molar refractivity (Wildman–Crippen MR) is 70.4 cm³/mol. The quantitative estimate of drug-likeness (QED) is 0.716. The fourth-order valence-corrected chi connectivity index (χ4v) is 2.85. The Kier molecular flexibility index (Phi) is 4.42. The van der Waals surface area contributed by atoms with Gasteiger partial charge in [0.2, 0.25) is 11.8 Å². The van der Waals surface area contributed by atoms with E-state index in [9.17, 15) is 9.59 Å². The lowest BCUT2D eigenvalue weighted by Crippen LogP contribution is -2.62. The van der Waals surface area contributed by atoms with Crippen LogP contribution in [0.15, 0.2) is 0 Å². The minimum absolute atomic E-state index is 0.0934. The van der Waals surface area contributed by atoms with Crippen LogP contribution < -0.4 is 11.1 Å². The topological polar surface area (TPSA) is 84.7 Å². The maximum absolute atomic E-state index is 12.7. The first-order valence-corrected chi connectivity index (χ1v) is 6.98. The van der Waals surface area contributed by atoms with Crippen LogP contribution >= 0.6 is 0 Å². The number of piperidine rings is 1. The Morgan fingerprint density at radius 1 is 1.32 bits per heavy atom. The number of amides is 2. The number of nitrogens with two attached hydrogens (primary N) is 1. The van der Waals surface area contributed by atoms with Crippen molar-refractivity contribution < 1.29 is 14.3 Å². The van der Waals surface area contributed by atoms with Crippen LogP contribution in [0.4, 0.5) is 0 Å². The molecule has 0 saturated carbocycles. The third kappa shape index (κ3) is 2.90. The van der Waals surface area contributed by atoms with Crippen LogP contribution in [0.25, 0.3) is 0 Å². The van der Waals surface area contributed by atoms with Gasteiger partial charge >= 0.3 is 0 Å². The van der Waals surface area contributed by atoms with Crippen molar-refractivity contribution in [3.63, 3.8) is 0 Å². The van der Waals surface area contributed by atoms with E-state index in [1.165, 1.54) is 0 Å². The summed E-state index contributed by atoms with van der Waals surface area (Å²) in [7, 11) is 1.60. The van der Waals surface area contributed by atoms with Crippen LogP contribution in [-0.2, 0) is 14.3 Å². The molecule has 2 heterocycles. The zero-order valence-electron chi connectivity index (χ0n) is 11.5. The molecule has 108 valence electrons. The van der Waals surface area contributed by atoms with Gasteiger partial charge in [-0.25, -0.2) is 0 Å². The number of likely N-dealkylation sites (N-methyl/N-ethyl adjacent to an activating group) is 1. The van der Waals surface area contributed by atoms with Gasteiger partial charge in [-0.15, -0.1) is 0 Å². The number of ether oxygens (including phenoxy) is 1. The van der Waals surface area contributed by atoms with Gasteiger partial charge in [-0.3, -0.25) is 9.59 Å². The molecule has 0 spiro atoms. The average molecular weight is 269 g/mol. The first-order chi connectivity index (χ1) is 9.08. The van der Waals surface area contributed by atoms with E-state index in [1.54, 1.807) is 11.9 Å². The summed E-state index contributed by atoms with van der Waals surface area (Å²) in [6, 6.07) is -0.366. The summed E-state index contributed by atoms with van der Waals surface area (Å²) < 4.78 is 5.27. The van der Waals surface area contributed by atoms with Gasteiger partial charge in [0.05, 0.1) is 5.54 Å². The molecule has 2 fully saturated rings. The SMILES string of the molecule is CNC(=O)C1CCCCN1C(=O)C1(N)CCOCC1. The molecule has 2 rings (SSSR count). The van der Waals surface area contributed by atoms with E-state index >= 15 is 0 Å². The normalized spacial score (nSPS) is 26.8. The molecular formula is C13H23N3O3. The average Bonchev–Trinajstić information content (AvgIpc) is 2.46. The molecule has 6 nitrogen and oxygen atoms in total. The van der Waals surface area contributed by atoms with Crippen LogP contribution in [-0.4, -0.2) is 55.1 Å². The molecule has 0 aliphatic carbocycles. The van der Waals surface area contributed by atoms with Gasteiger partial charge in [-0.2, -0.15) is 0 Å². The largest absolute Gasteiger partial charge is 0.381 e. The monoisotopic (exact) mass is 269 g/mol. The Bertz CT molecular complexity index is 353. The van der Waals surface area contributed by atoms with E-state index in [2.05, 4.69) is 5.32 Å². The van der Waals surface area contributed by atoms with Crippen molar-refractivity contribution in [2.75, 3.05) is 26.8 Å². The number of carbonyl (C=O) groups excluding carboxylic acids is 2. The van der Waals surface area contributed by atoms with Crippen LogP contribution in [0, 0.1) is 0 Å². The van der Waals surface area contributed by atoms with E-state index in [0.717, 1.165) is 19.3 Å². The summed E-state index contributed by atoms with van der Waals surface area (Å²) >= 11 is 0. The van der Waals surface area contributed by atoms with Gasteiger partial charge in [-0.05, 0) is 32.1 Å². The minimum atomic E-state index is -0.859. The van der Waals surface area contributed by atoms with E-state index in [-0.39, 0.29) is 17.9 Å². The van der Waals surface area contributed by atoms with Gasteiger partial charge in [-0.1, -0.05) is 0 Å². The van der Waals surface area contributed by atoms with Crippen molar-refractivity contribution in [1.29, 1.82) is 0 Å². The van der Waals surface area contributed by atoms with Crippen molar-refractivity contribution in [2.45, 2.75) is 43.7 Å². The summed E-state index contributed by atoms with van der Waals surface area (Å²) in [5.41, 5.74) is 5.38. The molecule has 2 amide bonds. The molecule has 0 aromatic carbocycles. The van der Waals surface area contributed by atoms with Crippen molar-refractivity contribution in [1.82, 2.24) is 10.2 Å². The van der Waals surface area contributed by atoms with Gasteiger partial charge in [0.15, 0.2) is 0 Å². The van der Waals surface area contributed by atoms with Gasteiger partial charge in [0.25, 0.3) is 0 Å². The van der Waals surface area contributed by atoms with Crippen molar-refractivity contribution >= 4 is 11.8 Å².